The highest BCUT2D eigenvalue weighted by atomic mass is 16.5. The summed E-state index contributed by atoms with van der Waals surface area (Å²) in [6.07, 6.45) is 1.02. The number of aryl methyl sites for hydroxylation is 1. The highest BCUT2D eigenvalue weighted by Crippen LogP contribution is 2.25. The summed E-state index contributed by atoms with van der Waals surface area (Å²) in [7, 11) is 1.66. The van der Waals surface area contributed by atoms with Crippen molar-refractivity contribution in [1.82, 2.24) is 0 Å². The van der Waals surface area contributed by atoms with Gasteiger partial charge in [-0.25, -0.2) is 0 Å². The lowest BCUT2D eigenvalue weighted by Crippen LogP contribution is -2.11. The molecule has 3 heteroatoms. The number of methoxy groups -OCH3 is 1. The van der Waals surface area contributed by atoms with E-state index in [4.69, 9.17) is 10.5 Å². The summed E-state index contributed by atoms with van der Waals surface area (Å²) < 4.78 is 5.18. The SMILES string of the molecule is CCc1ccc(OC)c(NCN)c1. The first kappa shape index (κ1) is 9.86. The van der Waals surface area contributed by atoms with E-state index in [0.29, 0.717) is 6.67 Å². The Morgan fingerprint density at radius 3 is 2.77 bits per heavy atom. The predicted molar refractivity (Wildman–Crippen MR) is 55.0 cm³/mol. The van der Waals surface area contributed by atoms with Gasteiger partial charge in [0.15, 0.2) is 0 Å². The Morgan fingerprint density at radius 1 is 1.46 bits per heavy atom. The second-order valence-corrected chi connectivity index (χ2v) is 2.77. The molecular formula is C10H16N2O. The maximum absolute atomic E-state index is 5.41. The van der Waals surface area contributed by atoms with Gasteiger partial charge in [-0.1, -0.05) is 13.0 Å². The Balaban J connectivity index is 2.95. The molecule has 1 aromatic carbocycles. The van der Waals surface area contributed by atoms with Crippen LogP contribution in [0.3, 0.4) is 0 Å². The molecule has 1 rings (SSSR count). The van der Waals surface area contributed by atoms with E-state index in [9.17, 15) is 0 Å². The summed E-state index contributed by atoms with van der Waals surface area (Å²) in [6, 6.07) is 6.07. The summed E-state index contributed by atoms with van der Waals surface area (Å²) in [5, 5.41) is 3.05. The third-order valence-electron chi connectivity index (χ3n) is 1.96. The van der Waals surface area contributed by atoms with Gasteiger partial charge in [0.2, 0.25) is 0 Å². The molecule has 0 saturated carbocycles. The van der Waals surface area contributed by atoms with Gasteiger partial charge >= 0.3 is 0 Å². The summed E-state index contributed by atoms with van der Waals surface area (Å²) in [4.78, 5) is 0. The molecule has 3 N–H and O–H groups in total. The number of anilines is 1. The van der Waals surface area contributed by atoms with E-state index in [1.165, 1.54) is 5.56 Å². The maximum Gasteiger partial charge on any atom is 0.142 e. The number of hydrogen-bond acceptors (Lipinski definition) is 3. The quantitative estimate of drug-likeness (QED) is 0.692. The van der Waals surface area contributed by atoms with Crippen LogP contribution < -0.4 is 15.8 Å². The second kappa shape index (κ2) is 4.72. The van der Waals surface area contributed by atoms with Crippen molar-refractivity contribution >= 4 is 5.69 Å². The number of rotatable bonds is 4. The fraction of sp³-hybridized carbons (Fsp3) is 0.400. The normalized spacial score (nSPS) is 9.77. The van der Waals surface area contributed by atoms with Gasteiger partial charge in [-0.2, -0.15) is 0 Å². The third kappa shape index (κ3) is 2.36. The first-order valence-corrected chi connectivity index (χ1v) is 4.42. The highest BCUT2D eigenvalue weighted by molar-refractivity contribution is 5.58. The van der Waals surface area contributed by atoms with Gasteiger partial charge in [0.05, 0.1) is 19.5 Å². The van der Waals surface area contributed by atoms with Crippen molar-refractivity contribution in [3.8, 4) is 5.75 Å². The molecule has 0 unspecified atom stereocenters. The van der Waals surface area contributed by atoms with Gasteiger partial charge in [-0.05, 0) is 24.1 Å². The minimum Gasteiger partial charge on any atom is -0.495 e. The van der Waals surface area contributed by atoms with Gasteiger partial charge in [0.25, 0.3) is 0 Å². The van der Waals surface area contributed by atoms with Gasteiger partial charge < -0.3 is 15.8 Å². The largest absolute Gasteiger partial charge is 0.495 e. The molecule has 0 bridgehead atoms. The molecule has 0 radical (unpaired) electrons. The molecule has 0 aromatic heterocycles. The minimum absolute atomic E-state index is 0.420. The topological polar surface area (TPSA) is 47.3 Å². The average molecular weight is 180 g/mol. The molecule has 0 amide bonds. The number of nitrogens with one attached hydrogen (secondary N) is 1. The van der Waals surface area contributed by atoms with Gasteiger partial charge in [0, 0.05) is 0 Å². The first-order valence-electron chi connectivity index (χ1n) is 4.42. The molecule has 0 heterocycles. The number of nitrogens with two attached hydrogens (primary N) is 1. The van der Waals surface area contributed by atoms with Crippen molar-refractivity contribution in [3.05, 3.63) is 23.8 Å². The molecular weight excluding hydrogens is 164 g/mol. The third-order valence-corrected chi connectivity index (χ3v) is 1.96. The van der Waals surface area contributed by atoms with E-state index in [0.717, 1.165) is 17.9 Å². The smallest absolute Gasteiger partial charge is 0.142 e. The lowest BCUT2D eigenvalue weighted by Gasteiger charge is -2.10. The van der Waals surface area contributed by atoms with Crippen LogP contribution >= 0.6 is 0 Å². The number of ether oxygens (including phenoxy) is 1. The molecule has 72 valence electrons. The van der Waals surface area contributed by atoms with Crippen molar-refractivity contribution in [2.75, 3.05) is 19.1 Å². The monoisotopic (exact) mass is 180 g/mol. The maximum atomic E-state index is 5.41. The Labute approximate surface area is 78.9 Å². The molecule has 0 aliphatic rings. The summed E-state index contributed by atoms with van der Waals surface area (Å²) in [6.45, 7) is 2.54. The van der Waals surface area contributed by atoms with Crippen LogP contribution in [0.1, 0.15) is 12.5 Å². The van der Waals surface area contributed by atoms with Crippen molar-refractivity contribution in [3.63, 3.8) is 0 Å². The highest BCUT2D eigenvalue weighted by Gasteiger charge is 2.01. The van der Waals surface area contributed by atoms with Gasteiger partial charge in [-0.3, -0.25) is 0 Å². The first-order chi connectivity index (χ1) is 6.31. The summed E-state index contributed by atoms with van der Waals surface area (Å²) in [5.41, 5.74) is 7.65. The van der Waals surface area contributed by atoms with Crippen LogP contribution in [0.25, 0.3) is 0 Å². The Morgan fingerprint density at radius 2 is 2.23 bits per heavy atom. The Kier molecular flexibility index (Phi) is 3.58. The zero-order valence-electron chi connectivity index (χ0n) is 8.13. The van der Waals surface area contributed by atoms with Crippen molar-refractivity contribution in [2.24, 2.45) is 5.73 Å². The Bertz CT molecular complexity index is 274. The van der Waals surface area contributed by atoms with E-state index in [1.54, 1.807) is 7.11 Å². The zero-order chi connectivity index (χ0) is 9.68. The number of benzene rings is 1. The van der Waals surface area contributed by atoms with E-state index >= 15 is 0 Å². The van der Waals surface area contributed by atoms with Crippen molar-refractivity contribution in [2.45, 2.75) is 13.3 Å². The lowest BCUT2D eigenvalue weighted by molar-refractivity contribution is 0.416. The van der Waals surface area contributed by atoms with Crippen LogP contribution in [0.2, 0.25) is 0 Å². The summed E-state index contributed by atoms with van der Waals surface area (Å²) >= 11 is 0. The molecule has 0 atom stereocenters. The summed E-state index contributed by atoms with van der Waals surface area (Å²) in [5.74, 6) is 0.836. The Hall–Kier alpha value is -1.22. The van der Waals surface area contributed by atoms with Crippen LogP contribution in [0.5, 0.6) is 5.75 Å². The van der Waals surface area contributed by atoms with Gasteiger partial charge in [-0.15, -0.1) is 0 Å². The van der Waals surface area contributed by atoms with Crippen LogP contribution in [-0.2, 0) is 6.42 Å². The zero-order valence-corrected chi connectivity index (χ0v) is 8.13. The minimum atomic E-state index is 0.420. The molecule has 0 spiro atoms. The molecule has 13 heavy (non-hydrogen) atoms. The van der Waals surface area contributed by atoms with Crippen LogP contribution in [-0.4, -0.2) is 13.8 Å². The van der Waals surface area contributed by atoms with E-state index in [1.807, 2.05) is 6.07 Å². The second-order valence-electron chi connectivity index (χ2n) is 2.77. The average Bonchev–Trinajstić information content (AvgIpc) is 2.18. The van der Waals surface area contributed by atoms with E-state index in [-0.39, 0.29) is 0 Å². The predicted octanol–water partition coefficient (Wildman–Crippen LogP) is 1.59. The van der Waals surface area contributed by atoms with Crippen LogP contribution in [0, 0.1) is 0 Å². The molecule has 0 aliphatic carbocycles. The molecule has 0 saturated heterocycles. The van der Waals surface area contributed by atoms with Gasteiger partial charge in [0.1, 0.15) is 5.75 Å². The van der Waals surface area contributed by atoms with Crippen molar-refractivity contribution < 1.29 is 4.74 Å². The molecule has 3 nitrogen and oxygen atoms in total. The number of hydrogen-bond donors (Lipinski definition) is 2. The van der Waals surface area contributed by atoms with Crippen LogP contribution in [0.15, 0.2) is 18.2 Å². The lowest BCUT2D eigenvalue weighted by atomic mass is 10.1. The molecule has 1 aromatic rings. The van der Waals surface area contributed by atoms with Crippen LogP contribution in [0.4, 0.5) is 5.69 Å². The van der Waals surface area contributed by atoms with E-state index in [2.05, 4.69) is 24.4 Å². The molecule has 0 aliphatic heterocycles. The van der Waals surface area contributed by atoms with E-state index < -0.39 is 0 Å². The standard InChI is InChI=1S/C10H16N2O/c1-3-8-4-5-10(13-2)9(6-8)12-7-11/h4-6,12H,3,7,11H2,1-2H3. The fourth-order valence-corrected chi connectivity index (χ4v) is 1.22. The van der Waals surface area contributed by atoms with Crippen molar-refractivity contribution in [1.29, 1.82) is 0 Å². The molecule has 0 fully saturated rings. The fourth-order valence-electron chi connectivity index (χ4n) is 1.22.